The van der Waals surface area contributed by atoms with Gasteiger partial charge in [0.05, 0.1) is 0 Å². The van der Waals surface area contributed by atoms with Gasteiger partial charge in [0, 0.05) is 18.7 Å². The zero-order valence-electron chi connectivity index (χ0n) is 17.4. The fourth-order valence-electron chi connectivity index (χ4n) is 3.30. The first kappa shape index (κ1) is 22.7. The summed E-state index contributed by atoms with van der Waals surface area (Å²) in [6, 6.07) is 25.4. The Bertz CT molecular complexity index is 1020. The van der Waals surface area contributed by atoms with Gasteiger partial charge in [-0.2, -0.15) is 0 Å². The van der Waals surface area contributed by atoms with E-state index in [-0.39, 0.29) is 13.0 Å². The molecule has 0 fully saturated rings. The van der Waals surface area contributed by atoms with Crippen molar-refractivity contribution in [2.45, 2.75) is 12.0 Å². The Morgan fingerprint density at radius 1 is 0.812 bits per heavy atom. The highest BCUT2D eigenvalue weighted by molar-refractivity contribution is 5.96. The maximum atomic E-state index is 13.1. The molecule has 3 aromatic rings. The Morgan fingerprint density at radius 2 is 1.28 bits per heavy atom. The lowest BCUT2D eigenvalue weighted by atomic mass is 9.86. The number of amides is 2. The standard InChI is InChI=1S/C25H24N2O5/c26-22(28)16-17-27(21-14-8-3-9-15-21)23(29)18-32-24(30)25(31,19-10-4-1-5-11-19)20-12-6-2-7-13-20/h1-15,31H,16-18H2,(H2,26,28). The van der Waals surface area contributed by atoms with Gasteiger partial charge in [-0.25, -0.2) is 4.79 Å². The SMILES string of the molecule is NC(=O)CCN(C(=O)COC(=O)C(O)(c1ccccc1)c1ccccc1)c1ccccc1. The molecule has 0 aliphatic rings. The van der Waals surface area contributed by atoms with Gasteiger partial charge in [-0.05, 0) is 23.3 Å². The highest BCUT2D eigenvalue weighted by Gasteiger charge is 2.42. The van der Waals surface area contributed by atoms with Crippen molar-refractivity contribution < 1.29 is 24.2 Å². The van der Waals surface area contributed by atoms with E-state index in [1.807, 2.05) is 0 Å². The molecule has 0 aromatic heterocycles. The second-order valence-corrected chi connectivity index (χ2v) is 7.12. The highest BCUT2D eigenvalue weighted by atomic mass is 16.6. The van der Waals surface area contributed by atoms with Crippen LogP contribution in [0.5, 0.6) is 0 Å². The Balaban J connectivity index is 1.82. The molecule has 0 unspecified atom stereocenters. The summed E-state index contributed by atoms with van der Waals surface area (Å²) in [5.41, 5.74) is 4.31. The van der Waals surface area contributed by atoms with Crippen molar-refractivity contribution in [3.05, 3.63) is 102 Å². The predicted molar refractivity (Wildman–Crippen MR) is 119 cm³/mol. The molecule has 7 heteroatoms. The van der Waals surface area contributed by atoms with Crippen molar-refractivity contribution >= 4 is 23.5 Å². The van der Waals surface area contributed by atoms with Gasteiger partial charge in [-0.15, -0.1) is 0 Å². The van der Waals surface area contributed by atoms with Gasteiger partial charge >= 0.3 is 5.97 Å². The van der Waals surface area contributed by atoms with Crippen LogP contribution in [-0.2, 0) is 24.7 Å². The van der Waals surface area contributed by atoms with Crippen LogP contribution in [0.25, 0.3) is 0 Å². The van der Waals surface area contributed by atoms with Crippen LogP contribution in [0.15, 0.2) is 91.0 Å². The second-order valence-electron chi connectivity index (χ2n) is 7.12. The summed E-state index contributed by atoms with van der Waals surface area (Å²) in [6.45, 7) is -0.578. The van der Waals surface area contributed by atoms with Gasteiger partial charge in [-0.1, -0.05) is 78.9 Å². The summed E-state index contributed by atoms with van der Waals surface area (Å²) < 4.78 is 5.29. The fraction of sp³-hybridized carbons (Fsp3) is 0.160. The van der Waals surface area contributed by atoms with Crippen LogP contribution in [0.2, 0.25) is 0 Å². The van der Waals surface area contributed by atoms with Crippen molar-refractivity contribution in [2.75, 3.05) is 18.1 Å². The van der Waals surface area contributed by atoms with Gasteiger partial charge in [0.1, 0.15) is 0 Å². The third kappa shape index (κ3) is 5.19. The highest BCUT2D eigenvalue weighted by Crippen LogP contribution is 2.31. The molecule has 0 bridgehead atoms. The van der Waals surface area contributed by atoms with E-state index in [0.717, 1.165) is 0 Å². The summed E-state index contributed by atoms with van der Waals surface area (Å²) in [6.07, 6.45) is -0.0491. The van der Waals surface area contributed by atoms with Crippen molar-refractivity contribution in [3.8, 4) is 0 Å². The number of para-hydroxylation sites is 1. The molecule has 2 amide bonds. The van der Waals surface area contributed by atoms with E-state index in [9.17, 15) is 19.5 Å². The molecule has 0 aliphatic heterocycles. The van der Waals surface area contributed by atoms with Crippen LogP contribution in [-0.4, -0.2) is 36.0 Å². The molecule has 3 rings (SSSR count). The van der Waals surface area contributed by atoms with Crippen molar-refractivity contribution in [1.82, 2.24) is 0 Å². The number of ether oxygens (including phenoxy) is 1. The van der Waals surface area contributed by atoms with Gasteiger partial charge < -0.3 is 20.5 Å². The number of carbonyl (C=O) groups excluding carboxylic acids is 3. The summed E-state index contributed by atoms with van der Waals surface area (Å²) in [4.78, 5) is 38.5. The van der Waals surface area contributed by atoms with E-state index < -0.39 is 30.0 Å². The largest absolute Gasteiger partial charge is 0.453 e. The quantitative estimate of drug-likeness (QED) is 0.505. The minimum absolute atomic E-state index is 0.0391. The molecule has 3 aromatic carbocycles. The molecule has 164 valence electrons. The third-order valence-corrected chi connectivity index (χ3v) is 4.96. The normalized spacial score (nSPS) is 10.9. The van der Waals surface area contributed by atoms with Gasteiger partial charge in [0.25, 0.3) is 5.91 Å². The molecular formula is C25H24N2O5. The molecule has 3 N–H and O–H groups in total. The maximum absolute atomic E-state index is 13.1. The predicted octanol–water partition coefficient (Wildman–Crippen LogP) is 2.37. The van der Waals surface area contributed by atoms with Crippen LogP contribution >= 0.6 is 0 Å². The van der Waals surface area contributed by atoms with Crippen LogP contribution in [0.4, 0.5) is 5.69 Å². The topological polar surface area (TPSA) is 110 Å². The second kappa shape index (κ2) is 10.4. The number of esters is 1. The third-order valence-electron chi connectivity index (χ3n) is 4.96. The molecule has 0 aliphatic carbocycles. The lowest BCUT2D eigenvalue weighted by molar-refractivity contribution is -0.164. The first-order chi connectivity index (χ1) is 15.4. The molecule has 0 saturated carbocycles. The van der Waals surface area contributed by atoms with Crippen LogP contribution < -0.4 is 10.6 Å². The van der Waals surface area contributed by atoms with Gasteiger partial charge in [0.2, 0.25) is 11.5 Å². The molecule has 0 heterocycles. The van der Waals surface area contributed by atoms with E-state index in [4.69, 9.17) is 10.5 Å². The average Bonchev–Trinajstić information content (AvgIpc) is 2.83. The molecule has 0 atom stereocenters. The number of anilines is 1. The van der Waals surface area contributed by atoms with E-state index in [1.54, 1.807) is 91.0 Å². The number of rotatable bonds is 9. The molecule has 0 radical (unpaired) electrons. The molecule has 32 heavy (non-hydrogen) atoms. The van der Waals surface area contributed by atoms with Crippen molar-refractivity contribution in [1.29, 1.82) is 0 Å². The van der Waals surface area contributed by atoms with Gasteiger partial charge in [-0.3, -0.25) is 9.59 Å². The Labute approximate surface area is 186 Å². The fourth-order valence-corrected chi connectivity index (χ4v) is 3.30. The Kier molecular flexibility index (Phi) is 7.36. The zero-order valence-corrected chi connectivity index (χ0v) is 17.4. The summed E-state index contributed by atoms with van der Waals surface area (Å²) in [5.74, 6) is -2.08. The minimum atomic E-state index is -2.09. The first-order valence-electron chi connectivity index (χ1n) is 10.1. The minimum Gasteiger partial charge on any atom is -0.453 e. The first-order valence-corrected chi connectivity index (χ1v) is 10.1. The maximum Gasteiger partial charge on any atom is 0.348 e. The molecule has 0 saturated heterocycles. The van der Waals surface area contributed by atoms with Gasteiger partial charge in [0.15, 0.2) is 6.61 Å². The van der Waals surface area contributed by atoms with Crippen molar-refractivity contribution in [3.63, 3.8) is 0 Å². The zero-order chi connectivity index (χ0) is 23.0. The number of nitrogens with two attached hydrogens (primary N) is 1. The van der Waals surface area contributed by atoms with E-state index in [2.05, 4.69) is 0 Å². The Morgan fingerprint density at radius 3 is 1.75 bits per heavy atom. The number of hydrogen-bond acceptors (Lipinski definition) is 5. The van der Waals surface area contributed by atoms with Crippen molar-refractivity contribution in [2.24, 2.45) is 5.73 Å². The summed E-state index contributed by atoms with van der Waals surface area (Å²) in [7, 11) is 0. The van der Waals surface area contributed by atoms with E-state index in [1.165, 1.54) is 4.90 Å². The molecular weight excluding hydrogens is 408 g/mol. The molecule has 0 spiro atoms. The number of primary amides is 1. The average molecular weight is 432 g/mol. The lowest BCUT2D eigenvalue weighted by Gasteiger charge is -2.28. The molecule has 7 nitrogen and oxygen atoms in total. The van der Waals surface area contributed by atoms with Crippen LogP contribution in [0.1, 0.15) is 17.5 Å². The number of benzene rings is 3. The number of nitrogens with zero attached hydrogens (tertiary/aromatic N) is 1. The number of hydrogen-bond donors (Lipinski definition) is 2. The lowest BCUT2D eigenvalue weighted by Crippen LogP contribution is -2.42. The Hall–Kier alpha value is -3.97. The van der Waals surface area contributed by atoms with Crippen LogP contribution in [0, 0.1) is 0 Å². The van der Waals surface area contributed by atoms with E-state index in [0.29, 0.717) is 16.8 Å². The smallest absolute Gasteiger partial charge is 0.348 e. The summed E-state index contributed by atoms with van der Waals surface area (Å²) in [5, 5.41) is 11.4. The summed E-state index contributed by atoms with van der Waals surface area (Å²) >= 11 is 0. The number of carbonyl (C=O) groups is 3. The monoisotopic (exact) mass is 432 g/mol. The van der Waals surface area contributed by atoms with Crippen LogP contribution in [0.3, 0.4) is 0 Å². The number of aliphatic hydroxyl groups is 1. The van der Waals surface area contributed by atoms with E-state index >= 15 is 0 Å².